The van der Waals surface area contributed by atoms with Gasteiger partial charge in [0, 0.05) is 17.0 Å². The van der Waals surface area contributed by atoms with Crippen LogP contribution in [-0.2, 0) is 0 Å². The van der Waals surface area contributed by atoms with E-state index in [1.54, 1.807) is 12.3 Å². The Morgan fingerprint density at radius 2 is 2.13 bits per heavy atom. The zero-order valence-corrected chi connectivity index (χ0v) is 13.2. The third kappa shape index (κ3) is 3.08. The minimum Gasteiger partial charge on any atom is -0.444 e. The number of nitrogens with zero attached hydrogens (tertiary/aromatic N) is 3. The quantitative estimate of drug-likeness (QED) is 0.791. The van der Waals surface area contributed by atoms with Crippen LogP contribution in [0.2, 0.25) is 0 Å². The Morgan fingerprint density at radius 3 is 2.78 bits per heavy atom. The smallest absolute Gasteiger partial charge is 0.181 e. The van der Waals surface area contributed by atoms with E-state index in [-0.39, 0.29) is 6.04 Å². The van der Waals surface area contributed by atoms with Gasteiger partial charge in [-0.25, -0.2) is 4.98 Å². The van der Waals surface area contributed by atoms with Gasteiger partial charge in [-0.3, -0.25) is 4.98 Å². The summed E-state index contributed by atoms with van der Waals surface area (Å²) in [6.07, 6.45) is 3.87. The maximum atomic E-state index is 9.49. The molecule has 0 aliphatic heterocycles. The van der Waals surface area contributed by atoms with Crippen LogP contribution in [0.5, 0.6) is 0 Å². The lowest BCUT2D eigenvalue weighted by atomic mass is 9.98. The summed E-state index contributed by atoms with van der Waals surface area (Å²) >= 11 is 0. The average molecular weight is 306 g/mol. The zero-order chi connectivity index (χ0) is 16.4. The standard InChI is InChI=1S/C18H18N4O/c1-11(2)5-15(20)17-7-13(8-19)14-6-12(3-4-16(14)22-17)18-9-21-10-23-18/h3-4,6-7,9-11,15H,5,20H2,1-2H3/t15-/m0/s1. The molecule has 23 heavy (non-hydrogen) atoms. The molecule has 3 rings (SSSR count). The van der Waals surface area contributed by atoms with E-state index in [4.69, 9.17) is 10.2 Å². The van der Waals surface area contributed by atoms with Gasteiger partial charge in [0.25, 0.3) is 0 Å². The van der Waals surface area contributed by atoms with Crippen molar-refractivity contribution in [2.75, 3.05) is 0 Å². The van der Waals surface area contributed by atoms with Gasteiger partial charge in [0.2, 0.25) is 0 Å². The highest BCUT2D eigenvalue weighted by molar-refractivity contribution is 5.88. The van der Waals surface area contributed by atoms with Crippen molar-refractivity contribution < 1.29 is 4.42 Å². The lowest BCUT2D eigenvalue weighted by Gasteiger charge is -2.15. The summed E-state index contributed by atoms with van der Waals surface area (Å²) in [5.74, 6) is 1.14. The van der Waals surface area contributed by atoms with Crippen molar-refractivity contribution in [1.82, 2.24) is 9.97 Å². The summed E-state index contributed by atoms with van der Waals surface area (Å²) < 4.78 is 5.31. The highest BCUT2D eigenvalue weighted by Gasteiger charge is 2.14. The van der Waals surface area contributed by atoms with Gasteiger partial charge in [-0.2, -0.15) is 5.26 Å². The second kappa shape index (κ2) is 6.19. The summed E-state index contributed by atoms with van der Waals surface area (Å²) in [4.78, 5) is 8.56. The fraction of sp³-hybridized carbons (Fsp3) is 0.278. The van der Waals surface area contributed by atoms with Crippen LogP contribution in [0.4, 0.5) is 0 Å². The van der Waals surface area contributed by atoms with Crippen molar-refractivity contribution >= 4 is 10.9 Å². The van der Waals surface area contributed by atoms with E-state index in [9.17, 15) is 5.26 Å². The topological polar surface area (TPSA) is 88.7 Å². The number of fused-ring (bicyclic) bond motifs is 1. The van der Waals surface area contributed by atoms with E-state index in [1.165, 1.54) is 6.39 Å². The van der Waals surface area contributed by atoms with Crippen LogP contribution in [0.25, 0.3) is 22.2 Å². The minimum atomic E-state index is -0.166. The van der Waals surface area contributed by atoms with Crippen LogP contribution in [0.3, 0.4) is 0 Å². The molecular weight excluding hydrogens is 288 g/mol. The van der Waals surface area contributed by atoms with Crippen molar-refractivity contribution in [2.45, 2.75) is 26.3 Å². The van der Waals surface area contributed by atoms with Crippen molar-refractivity contribution in [1.29, 1.82) is 5.26 Å². The Labute approximate surface area is 134 Å². The Hall–Kier alpha value is -2.71. The van der Waals surface area contributed by atoms with E-state index in [2.05, 4.69) is 29.9 Å². The summed E-state index contributed by atoms with van der Waals surface area (Å²) in [7, 11) is 0. The molecule has 2 heterocycles. The highest BCUT2D eigenvalue weighted by atomic mass is 16.3. The Bertz CT molecular complexity index is 863. The van der Waals surface area contributed by atoms with Gasteiger partial charge in [-0.15, -0.1) is 0 Å². The number of benzene rings is 1. The van der Waals surface area contributed by atoms with Gasteiger partial charge in [0.05, 0.1) is 29.0 Å². The summed E-state index contributed by atoms with van der Waals surface area (Å²) in [5, 5.41) is 10.3. The van der Waals surface area contributed by atoms with Crippen LogP contribution < -0.4 is 5.73 Å². The predicted molar refractivity (Wildman–Crippen MR) is 88.3 cm³/mol. The Kier molecular flexibility index (Phi) is 4.09. The molecule has 2 N–H and O–H groups in total. The zero-order valence-electron chi connectivity index (χ0n) is 13.2. The molecule has 0 spiro atoms. The molecule has 1 atom stereocenters. The minimum absolute atomic E-state index is 0.166. The van der Waals surface area contributed by atoms with E-state index in [0.29, 0.717) is 17.2 Å². The first-order valence-corrected chi connectivity index (χ1v) is 7.57. The van der Waals surface area contributed by atoms with Gasteiger partial charge in [0.1, 0.15) is 0 Å². The number of oxazole rings is 1. The van der Waals surface area contributed by atoms with Crippen LogP contribution in [0.1, 0.15) is 37.6 Å². The van der Waals surface area contributed by atoms with Crippen molar-refractivity contribution in [3.05, 3.63) is 48.1 Å². The molecule has 0 amide bonds. The predicted octanol–water partition coefficient (Wildman–Crippen LogP) is 3.81. The molecule has 5 nitrogen and oxygen atoms in total. The second-order valence-corrected chi connectivity index (χ2v) is 6.04. The number of nitrogens with two attached hydrogens (primary N) is 1. The maximum absolute atomic E-state index is 9.49. The molecular formula is C18H18N4O. The molecule has 116 valence electrons. The molecule has 1 aromatic carbocycles. The monoisotopic (exact) mass is 306 g/mol. The molecule has 0 fully saturated rings. The van der Waals surface area contributed by atoms with Gasteiger partial charge in [0.15, 0.2) is 12.2 Å². The number of hydrogen-bond donors (Lipinski definition) is 1. The summed E-state index contributed by atoms with van der Waals surface area (Å²) in [6.45, 7) is 4.24. The fourth-order valence-electron chi connectivity index (χ4n) is 2.67. The second-order valence-electron chi connectivity index (χ2n) is 6.04. The van der Waals surface area contributed by atoms with Crippen LogP contribution in [-0.4, -0.2) is 9.97 Å². The van der Waals surface area contributed by atoms with E-state index in [1.807, 2.05) is 18.2 Å². The van der Waals surface area contributed by atoms with Crippen molar-refractivity contribution in [3.8, 4) is 17.4 Å². The fourth-order valence-corrected chi connectivity index (χ4v) is 2.67. The first-order chi connectivity index (χ1) is 11.1. The van der Waals surface area contributed by atoms with E-state index < -0.39 is 0 Å². The molecule has 0 unspecified atom stereocenters. The lowest BCUT2D eigenvalue weighted by molar-refractivity contribution is 0.503. The first-order valence-electron chi connectivity index (χ1n) is 7.57. The molecule has 5 heteroatoms. The molecule has 0 saturated carbocycles. The SMILES string of the molecule is CC(C)C[C@H](N)c1cc(C#N)c2cc(-c3cnco3)ccc2n1. The molecule has 0 saturated heterocycles. The number of hydrogen-bond acceptors (Lipinski definition) is 5. The lowest BCUT2D eigenvalue weighted by Crippen LogP contribution is -2.14. The van der Waals surface area contributed by atoms with E-state index in [0.717, 1.165) is 28.6 Å². The summed E-state index contributed by atoms with van der Waals surface area (Å²) in [6, 6.07) is 9.58. The van der Waals surface area contributed by atoms with Gasteiger partial charge >= 0.3 is 0 Å². The Morgan fingerprint density at radius 1 is 1.30 bits per heavy atom. The maximum Gasteiger partial charge on any atom is 0.181 e. The van der Waals surface area contributed by atoms with Crippen molar-refractivity contribution in [2.24, 2.45) is 11.7 Å². The third-order valence-electron chi connectivity index (χ3n) is 3.77. The number of pyridine rings is 1. The normalized spacial score (nSPS) is 12.5. The molecule has 2 aromatic heterocycles. The molecule has 0 bridgehead atoms. The van der Waals surface area contributed by atoms with Crippen LogP contribution in [0, 0.1) is 17.2 Å². The van der Waals surface area contributed by atoms with Gasteiger partial charge in [-0.1, -0.05) is 13.8 Å². The largest absolute Gasteiger partial charge is 0.444 e. The van der Waals surface area contributed by atoms with E-state index >= 15 is 0 Å². The third-order valence-corrected chi connectivity index (χ3v) is 3.77. The number of rotatable bonds is 4. The number of nitriles is 1. The Balaban J connectivity index is 2.10. The van der Waals surface area contributed by atoms with Crippen LogP contribution in [0.15, 0.2) is 41.3 Å². The van der Waals surface area contributed by atoms with Crippen LogP contribution >= 0.6 is 0 Å². The van der Waals surface area contributed by atoms with Gasteiger partial charge < -0.3 is 10.2 Å². The first kappa shape index (κ1) is 15.2. The number of aromatic nitrogens is 2. The molecule has 0 aliphatic rings. The van der Waals surface area contributed by atoms with Crippen molar-refractivity contribution in [3.63, 3.8) is 0 Å². The molecule has 0 aliphatic carbocycles. The molecule has 3 aromatic rings. The average Bonchev–Trinajstić information content (AvgIpc) is 3.07. The molecule has 0 radical (unpaired) electrons. The highest BCUT2D eigenvalue weighted by Crippen LogP contribution is 2.28. The summed E-state index contributed by atoms with van der Waals surface area (Å²) in [5.41, 5.74) is 9.19. The van der Waals surface area contributed by atoms with Gasteiger partial charge in [-0.05, 0) is 36.6 Å².